The summed E-state index contributed by atoms with van der Waals surface area (Å²) < 4.78 is 0. The number of hydrogen-bond acceptors (Lipinski definition) is 1. The van der Waals surface area contributed by atoms with E-state index in [9.17, 15) is 0 Å². The highest BCUT2D eigenvalue weighted by Gasteiger charge is 2.47. The maximum atomic E-state index is 2.60. The van der Waals surface area contributed by atoms with E-state index in [4.69, 9.17) is 0 Å². The van der Waals surface area contributed by atoms with Crippen LogP contribution in [0.2, 0.25) is 0 Å². The normalized spacial score (nSPS) is 26.4. The second-order valence-corrected chi connectivity index (χ2v) is 6.24. The minimum atomic E-state index is 0.544. The van der Waals surface area contributed by atoms with Gasteiger partial charge in [-0.05, 0) is 42.5 Å². The molecule has 3 unspecified atom stereocenters. The lowest BCUT2D eigenvalue weighted by Crippen LogP contribution is -2.24. The highest BCUT2D eigenvalue weighted by molar-refractivity contribution is 5.68. The third-order valence-electron chi connectivity index (χ3n) is 5.21. The first-order chi connectivity index (χ1) is 9.72. The van der Waals surface area contributed by atoms with Crippen LogP contribution in [-0.2, 0) is 0 Å². The molecule has 1 heteroatoms. The highest BCUT2D eigenvalue weighted by Crippen LogP contribution is 2.60. The zero-order valence-corrected chi connectivity index (χ0v) is 12.4. The van der Waals surface area contributed by atoms with E-state index < -0.39 is 0 Å². The molecule has 1 aliphatic carbocycles. The van der Waals surface area contributed by atoms with E-state index in [0.29, 0.717) is 17.9 Å². The molecule has 0 bridgehead atoms. The fourth-order valence-corrected chi connectivity index (χ4v) is 4.38. The van der Waals surface area contributed by atoms with Gasteiger partial charge in [0.25, 0.3) is 0 Å². The van der Waals surface area contributed by atoms with E-state index in [1.54, 1.807) is 16.7 Å². The Hall–Kier alpha value is -1.76. The van der Waals surface area contributed by atoms with Crippen LogP contribution < -0.4 is 4.90 Å². The third-order valence-corrected chi connectivity index (χ3v) is 5.21. The molecular weight excluding hydrogens is 242 g/mol. The van der Waals surface area contributed by atoms with Gasteiger partial charge < -0.3 is 4.90 Å². The first kappa shape index (κ1) is 12.0. The summed E-state index contributed by atoms with van der Waals surface area (Å²) in [7, 11) is 0. The van der Waals surface area contributed by atoms with Gasteiger partial charge in [0.15, 0.2) is 0 Å². The highest BCUT2D eigenvalue weighted by atomic mass is 15.2. The van der Waals surface area contributed by atoms with Crippen LogP contribution in [0.4, 0.5) is 5.69 Å². The first-order valence-corrected chi connectivity index (χ1v) is 7.68. The van der Waals surface area contributed by atoms with Gasteiger partial charge in [0.1, 0.15) is 0 Å². The van der Waals surface area contributed by atoms with Gasteiger partial charge in [0, 0.05) is 18.2 Å². The van der Waals surface area contributed by atoms with Crippen molar-refractivity contribution >= 4 is 5.69 Å². The molecule has 1 aliphatic heterocycles. The van der Waals surface area contributed by atoms with Gasteiger partial charge in [-0.15, -0.1) is 0 Å². The van der Waals surface area contributed by atoms with Gasteiger partial charge in [-0.1, -0.05) is 48.9 Å². The second-order valence-electron chi connectivity index (χ2n) is 6.24. The molecule has 0 amide bonds. The maximum Gasteiger partial charge on any atom is 0.0620 e. The van der Waals surface area contributed by atoms with Crippen molar-refractivity contribution in [3.8, 4) is 0 Å². The topological polar surface area (TPSA) is 3.24 Å². The number of rotatable bonds is 1. The minimum absolute atomic E-state index is 0.544. The van der Waals surface area contributed by atoms with Crippen molar-refractivity contribution in [3.05, 3.63) is 64.7 Å². The van der Waals surface area contributed by atoms with E-state index in [-0.39, 0.29) is 0 Å². The van der Waals surface area contributed by atoms with Crippen molar-refractivity contribution in [1.29, 1.82) is 0 Å². The fraction of sp³-hybridized carbons (Fsp3) is 0.368. The van der Waals surface area contributed by atoms with Gasteiger partial charge in [0.05, 0.1) is 6.04 Å². The van der Waals surface area contributed by atoms with Crippen LogP contribution >= 0.6 is 0 Å². The molecule has 20 heavy (non-hydrogen) atoms. The maximum absolute atomic E-state index is 2.60. The van der Waals surface area contributed by atoms with Gasteiger partial charge in [-0.3, -0.25) is 0 Å². The van der Waals surface area contributed by atoms with Crippen molar-refractivity contribution in [2.75, 3.05) is 11.4 Å². The number of aryl methyl sites for hydroxylation is 1. The average Bonchev–Trinajstić information content (AvgIpc) is 2.93. The molecule has 1 heterocycles. The lowest BCUT2D eigenvalue weighted by atomic mass is 9.87. The number of fused-ring (bicyclic) bond motifs is 5. The molecule has 3 atom stereocenters. The van der Waals surface area contributed by atoms with Gasteiger partial charge in [-0.25, -0.2) is 0 Å². The number of nitrogens with zero attached hydrogens (tertiary/aromatic N) is 1. The molecule has 0 N–H and O–H groups in total. The Morgan fingerprint density at radius 1 is 1.00 bits per heavy atom. The summed E-state index contributed by atoms with van der Waals surface area (Å²) in [5.41, 5.74) is 7.48. The smallest absolute Gasteiger partial charge is 0.0620 e. The van der Waals surface area contributed by atoms with E-state index in [0.717, 1.165) is 6.54 Å². The van der Waals surface area contributed by atoms with Crippen LogP contribution in [0, 0.1) is 6.92 Å². The standard InChI is InChI=1S/C19H21N/c1-4-20-17-10-9-12(2)11-16(17)18-13(3)14-7-5-6-8-15(14)19(18)20/h5-11,13,18-19H,4H2,1-3H3. The molecule has 102 valence electrons. The third kappa shape index (κ3) is 1.38. The monoisotopic (exact) mass is 263 g/mol. The van der Waals surface area contributed by atoms with Crippen molar-refractivity contribution in [2.45, 2.75) is 38.6 Å². The Labute approximate surface area is 121 Å². The predicted molar refractivity (Wildman–Crippen MR) is 84.5 cm³/mol. The molecule has 4 rings (SSSR count). The second kappa shape index (κ2) is 4.12. The lowest BCUT2D eigenvalue weighted by molar-refractivity contribution is 0.540. The molecule has 2 aromatic rings. The SMILES string of the molecule is CCN1c2ccc(C)cc2C2C(C)c3ccccc3C21. The van der Waals surface area contributed by atoms with Crippen molar-refractivity contribution in [3.63, 3.8) is 0 Å². The van der Waals surface area contributed by atoms with Crippen LogP contribution in [0.25, 0.3) is 0 Å². The Kier molecular flexibility index (Phi) is 2.47. The zero-order chi connectivity index (χ0) is 13.9. The summed E-state index contributed by atoms with van der Waals surface area (Å²) in [5.74, 6) is 1.25. The van der Waals surface area contributed by atoms with Gasteiger partial charge in [0.2, 0.25) is 0 Å². The summed E-state index contributed by atoms with van der Waals surface area (Å²) in [6, 6.07) is 16.5. The Bertz CT molecular complexity index is 673. The number of hydrogen-bond donors (Lipinski definition) is 0. The molecule has 2 aliphatic rings. The molecule has 1 nitrogen and oxygen atoms in total. The number of likely N-dealkylation sites (N-methyl/N-ethyl adjacent to an activating group) is 1. The summed E-state index contributed by atoms with van der Waals surface area (Å²) in [4.78, 5) is 2.60. The van der Waals surface area contributed by atoms with Crippen LogP contribution in [0.1, 0.15) is 54.0 Å². The Morgan fingerprint density at radius 2 is 1.75 bits per heavy atom. The largest absolute Gasteiger partial charge is 0.364 e. The van der Waals surface area contributed by atoms with Crippen LogP contribution in [-0.4, -0.2) is 6.54 Å². The van der Waals surface area contributed by atoms with E-state index in [1.165, 1.54) is 11.3 Å². The first-order valence-electron chi connectivity index (χ1n) is 7.68. The van der Waals surface area contributed by atoms with E-state index in [2.05, 4.69) is 68.1 Å². The molecular formula is C19H21N. The summed E-state index contributed by atoms with van der Waals surface area (Å²) >= 11 is 0. The van der Waals surface area contributed by atoms with Crippen molar-refractivity contribution in [2.24, 2.45) is 0 Å². The van der Waals surface area contributed by atoms with E-state index >= 15 is 0 Å². The molecule has 0 saturated carbocycles. The summed E-state index contributed by atoms with van der Waals surface area (Å²) in [6.45, 7) is 7.96. The van der Waals surface area contributed by atoms with Crippen LogP contribution in [0.15, 0.2) is 42.5 Å². The minimum Gasteiger partial charge on any atom is -0.364 e. The number of benzene rings is 2. The summed E-state index contributed by atoms with van der Waals surface area (Å²) in [6.07, 6.45) is 0. The predicted octanol–water partition coefficient (Wildman–Crippen LogP) is 4.78. The average molecular weight is 263 g/mol. The van der Waals surface area contributed by atoms with Crippen LogP contribution in [0.3, 0.4) is 0 Å². The molecule has 2 aromatic carbocycles. The van der Waals surface area contributed by atoms with Gasteiger partial charge >= 0.3 is 0 Å². The molecule has 0 fully saturated rings. The fourth-order valence-electron chi connectivity index (χ4n) is 4.38. The van der Waals surface area contributed by atoms with Crippen molar-refractivity contribution in [1.82, 2.24) is 0 Å². The molecule has 0 radical (unpaired) electrons. The summed E-state index contributed by atoms with van der Waals surface area (Å²) in [5, 5.41) is 0. The quantitative estimate of drug-likeness (QED) is 0.716. The lowest BCUT2D eigenvalue weighted by Gasteiger charge is -2.26. The Morgan fingerprint density at radius 3 is 2.50 bits per heavy atom. The van der Waals surface area contributed by atoms with E-state index in [1.807, 2.05) is 0 Å². The number of anilines is 1. The van der Waals surface area contributed by atoms with Crippen molar-refractivity contribution < 1.29 is 0 Å². The Balaban J connectivity index is 1.94. The molecule has 0 spiro atoms. The zero-order valence-electron chi connectivity index (χ0n) is 12.4. The van der Waals surface area contributed by atoms with Gasteiger partial charge in [-0.2, -0.15) is 0 Å². The van der Waals surface area contributed by atoms with Crippen LogP contribution in [0.5, 0.6) is 0 Å². The molecule has 0 aromatic heterocycles. The molecule has 0 saturated heterocycles.